The molecule has 2 rings (SSSR count). The van der Waals surface area contributed by atoms with E-state index in [1.165, 1.54) is 38.8 Å². The molecule has 0 aromatic heterocycles. The predicted octanol–water partition coefficient (Wildman–Crippen LogP) is 2.30. The minimum atomic E-state index is -0.662. The number of carbonyl (C=O) groups is 1. The van der Waals surface area contributed by atoms with Crippen molar-refractivity contribution in [2.24, 2.45) is 5.73 Å². The Morgan fingerprint density at radius 1 is 1.25 bits per heavy atom. The number of phenols is 1. The third-order valence-corrected chi connectivity index (χ3v) is 3.73. The van der Waals surface area contributed by atoms with Gasteiger partial charge in [0.05, 0.1) is 5.69 Å². The van der Waals surface area contributed by atoms with Gasteiger partial charge in [-0.05, 0) is 50.0 Å². The molecule has 1 heterocycles. The van der Waals surface area contributed by atoms with Crippen LogP contribution in [0, 0.1) is 0 Å². The summed E-state index contributed by atoms with van der Waals surface area (Å²) in [5, 5.41) is 12.1. The van der Waals surface area contributed by atoms with Crippen LogP contribution in [0.3, 0.4) is 0 Å². The van der Waals surface area contributed by atoms with Crippen LogP contribution >= 0.6 is 0 Å². The maximum atomic E-state index is 10.9. The second-order valence-electron chi connectivity index (χ2n) is 5.35. The highest BCUT2D eigenvalue weighted by Crippen LogP contribution is 2.24. The average Bonchev–Trinajstić information content (AvgIpc) is 2.68. The number of anilines is 1. The van der Waals surface area contributed by atoms with Crippen LogP contribution in [-0.4, -0.2) is 35.7 Å². The quantitative estimate of drug-likeness (QED) is 0.739. The van der Waals surface area contributed by atoms with E-state index in [1.807, 2.05) is 6.07 Å². The fourth-order valence-electron chi connectivity index (χ4n) is 2.62. The molecule has 0 atom stereocenters. The molecule has 0 radical (unpaired) electrons. The first-order chi connectivity index (χ1) is 9.65. The molecule has 0 bridgehead atoms. The van der Waals surface area contributed by atoms with E-state index in [0.29, 0.717) is 5.69 Å². The number of phenolic OH excluding ortho intramolecular Hbond substituents is 1. The van der Waals surface area contributed by atoms with Crippen molar-refractivity contribution in [1.82, 2.24) is 4.90 Å². The molecule has 4 N–H and O–H groups in total. The molecular weight excluding hydrogens is 254 g/mol. The molecule has 0 saturated carbocycles. The molecule has 1 saturated heterocycles. The van der Waals surface area contributed by atoms with Gasteiger partial charge in [-0.2, -0.15) is 0 Å². The number of urea groups is 1. The van der Waals surface area contributed by atoms with Crippen molar-refractivity contribution < 1.29 is 9.90 Å². The normalized spacial score (nSPS) is 16.6. The van der Waals surface area contributed by atoms with Crippen molar-refractivity contribution in [1.29, 1.82) is 0 Å². The van der Waals surface area contributed by atoms with Gasteiger partial charge in [0, 0.05) is 6.54 Å². The van der Waals surface area contributed by atoms with Crippen molar-refractivity contribution in [2.45, 2.75) is 32.1 Å². The molecule has 110 valence electrons. The Hall–Kier alpha value is -1.75. The van der Waals surface area contributed by atoms with Crippen molar-refractivity contribution in [3.05, 3.63) is 23.8 Å². The highest BCUT2D eigenvalue weighted by Gasteiger charge is 2.10. The molecule has 0 aliphatic carbocycles. The third-order valence-electron chi connectivity index (χ3n) is 3.73. The molecular formula is C15H23N3O2. The summed E-state index contributed by atoms with van der Waals surface area (Å²) >= 11 is 0. The molecule has 0 spiro atoms. The van der Waals surface area contributed by atoms with Gasteiger partial charge in [-0.25, -0.2) is 4.79 Å². The highest BCUT2D eigenvalue weighted by molar-refractivity contribution is 5.89. The minimum absolute atomic E-state index is 0.0438. The van der Waals surface area contributed by atoms with Crippen LogP contribution in [0.2, 0.25) is 0 Å². The van der Waals surface area contributed by atoms with E-state index in [-0.39, 0.29) is 5.75 Å². The summed E-state index contributed by atoms with van der Waals surface area (Å²) in [6, 6.07) is 4.62. The minimum Gasteiger partial charge on any atom is -0.506 e. The SMILES string of the molecule is NC(=O)Nc1cc(CCN2CCCCCC2)ccc1O. The van der Waals surface area contributed by atoms with E-state index in [9.17, 15) is 9.90 Å². The number of nitrogens with two attached hydrogens (primary N) is 1. The fraction of sp³-hybridized carbons (Fsp3) is 0.533. The third kappa shape index (κ3) is 4.42. The molecule has 1 aromatic carbocycles. The summed E-state index contributed by atoms with van der Waals surface area (Å²) in [7, 11) is 0. The number of benzene rings is 1. The lowest BCUT2D eigenvalue weighted by molar-refractivity contribution is 0.259. The Bertz CT molecular complexity index is 454. The van der Waals surface area contributed by atoms with Gasteiger partial charge in [0.2, 0.25) is 0 Å². The summed E-state index contributed by atoms with van der Waals surface area (Å²) in [6.45, 7) is 3.36. The van der Waals surface area contributed by atoms with Gasteiger partial charge in [-0.1, -0.05) is 18.9 Å². The summed E-state index contributed by atoms with van der Waals surface area (Å²) in [5.74, 6) is 0.0438. The van der Waals surface area contributed by atoms with Gasteiger partial charge < -0.3 is 21.1 Å². The molecule has 2 amide bonds. The molecule has 5 heteroatoms. The van der Waals surface area contributed by atoms with Crippen LogP contribution in [-0.2, 0) is 6.42 Å². The van der Waals surface area contributed by atoms with Gasteiger partial charge in [-0.3, -0.25) is 0 Å². The lowest BCUT2D eigenvalue weighted by Crippen LogP contribution is -2.27. The van der Waals surface area contributed by atoms with E-state index in [2.05, 4.69) is 10.2 Å². The Kier molecular flexibility index (Phi) is 5.24. The second-order valence-corrected chi connectivity index (χ2v) is 5.35. The molecule has 1 fully saturated rings. The Morgan fingerprint density at radius 2 is 1.95 bits per heavy atom. The van der Waals surface area contributed by atoms with Gasteiger partial charge in [-0.15, -0.1) is 0 Å². The first kappa shape index (κ1) is 14.7. The first-order valence-corrected chi connectivity index (χ1v) is 7.26. The predicted molar refractivity (Wildman–Crippen MR) is 79.9 cm³/mol. The monoisotopic (exact) mass is 277 g/mol. The molecule has 5 nitrogen and oxygen atoms in total. The van der Waals surface area contributed by atoms with Crippen LogP contribution in [0.1, 0.15) is 31.2 Å². The molecule has 1 aliphatic rings. The van der Waals surface area contributed by atoms with Crippen LogP contribution in [0.25, 0.3) is 0 Å². The Balaban J connectivity index is 1.93. The summed E-state index contributed by atoms with van der Waals surface area (Å²) in [5.41, 5.74) is 6.56. The van der Waals surface area contributed by atoms with Crippen molar-refractivity contribution in [3.63, 3.8) is 0 Å². The zero-order chi connectivity index (χ0) is 14.4. The lowest BCUT2D eigenvalue weighted by atomic mass is 10.1. The molecule has 1 aliphatic heterocycles. The lowest BCUT2D eigenvalue weighted by Gasteiger charge is -2.19. The second kappa shape index (κ2) is 7.14. The number of nitrogens with one attached hydrogen (secondary N) is 1. The highest BCUT2D eigenvalue weighted by atomic mass is 16.3. The van der Waals surface area contributed by atoms with E-state index in [1.54, 1.807) is 12.1 Å². The number of likely N-dealkylation sites (tertiary alicyclic amines) is 1. The van der Waals surface area contributed by atoms with E-state index in [4.69, 9.17) is 5.73 Å². The molecule has 20 heavy (non-hydrogen) atoms. The maximum absolute atomic E-state index is 10.9. The smallest absolute Gasteiger partial charge is 0.316 e. The van der Waals surface area contributed by atoms with E-state index < -0.39 is 6.03 Å². The topological polar surface area (TPSA) is 78.6 Å². The number of carbonyl (C=O) groups excluding carboxylic acids is 1. The van der Waals surface area contributed by atoms with Crippen molar-refractivity contribution >= 4 is 11.7 Å². The van der Waals surface area contributed by atoms with Crippen molar-refractivity contribution in [2.75, 3.05) is 25.0 Å². The van der Waals surface area contributed by atoms with Gasteiger partial charge >= 0.3 is 6.03 Å². The van der Waals surface area contributed by atoms with Crippen LogP contribution in [0.15, 0.2) is 18.2 Å². The van der Waals surface area contributed by atoms with Gasteiger partial charge in [0.1, 0.15) is 5.75 Å². The number of amides is 2. The number of aromatic hydroxyl groups is 1. The number of hydrogen-bond acceptors (Lipinski definition) is 3. The number of rotatable bonds is 4. The van der Waals surface area contributed by atoms with Crippen molar-refractivity contribution in [3.8, 4) is 5.75 Å². The van der Waals surface area contributed by atoms with Gasteiger partial charge in [0.15, 0.2) is 0 Å². The average molecular weight is 277 g/mol. The zero-order valence-electron chi connectivity index (χ0n) is 11.8. The molecule has 1 aromatic rings. The standard InChI is InChI=1S/C15H23N3O2/c16-15(20)17-13-11-12(5-6-14(13)19)7-10-18-8-3-1-2-4-9-18/h5-6,11,19H,1-4,7-10H2,(H3,16,17,20). The number of nitrogens with zero attached hydrogens (tertiary/aromatic N) is 1. The largest absolute Gasteiger partial charge is 0.506 e. The summed E-state index contributed by atoms with van der Waals surface area (Å²) < 4.78 is 0. The molecule has 0 unspecified atom stereocenters. The number of hydrogen-bond donors (Lipinski definition) is 3. The summed E-state index contributed by atoms with van der Waals surface area (Å²) in [6.07, 6.45) is 6.15. The van der Waals surface area contributed by atoms with Gasteiger partial charge in [0.25, 0.3) is 0 Å². The van der Waals surface area contributed by atoms with Crippen LogP contribution in [0.4, 0.5) is 10.5 Å². The Labute approximate surface area is 119 Å². The Morgan fingerprint density at radius 3 is 2.60 bits per heavy atom. The fourth-order valence-corrected chi connectivity index (χ4v) is 2.62. The number of primary amides is 1. The summed E-state index contributed by atoms with van der Waals surface area (Å²) in [4.78, 5) is 13.4. The van der Waals surface area contributed by atoms with E-state index >= 15 is 0 Å². The van der Waals surface area contributed by atoms with Crippen LogP contribution in [0.5, 0.6) is 5.75 Å². The first-order valence-electron chi connectivity index (χ1n) is 7.26. The maximum Gasteiger partial charge on any atom is 0.316 e. The zero-order valence-corrected chi connectivity index (χ0v) is 11.8. The van der Waals surface area contributed by atoms with E-state index in [0.717, 1.165) is 18.5 Å². The van der Waals surface area contributed by atoms with Crippen LogP contribution < -0.4 is 11.1 Å².